The van der Waals surface area contributed by atoms with Gasteiger partial charge in [0.1, 0.15) is 42.7 Å². The van der Waals surface area contributed by atoms with Crippen molar-refractivity contribution in [3.63, 3.8) is 0 Å². The molecule has 9 atom stereocenters. The summed E-state index contributed by atoms with van der Waals surface area (Å²) in [6.45, 7) is -0.478. The summed E-state index contributed by atoms with van der Waals surface area (Å²) in [6.07, 6.45) is -8.71. The van der Waals surface area contributed by atoms with Gasteiger partial charge in [-0.05, 0) is 5.56 Å². The predicted octanol–water partition coefficient (Wildman–Crippen LogP) is -2.02. The Morgan fingerprint density at radius 2 is 1.53 bits per heavy atom. The highest BCUT2D eigenvalue weighted by Gasteiger charge is 2.45. The molecular weight excluding hydrogens is 400 g/mol. The molecule has 10 heteroatoms. The van der Waals surface area contributed by atoms with E-state index < -0.39 is 55.3 Å². The van der Waals surface area contributed by atoms with Crippen molar-refractivity contribution < 1.29 is 49.6 Å². The molecule has 0 bridgehead atoms. The summed E-state index contributed by atoms with van der Waals surface area (Å²) in [4.78, 5) is 0. The van der Waals surface area contributed by atoms with Crippen molar-refractivity contribution in [2.75, 3.05) is 19.8 Å². The van der Waals surface area contributed by atoms with Crippen LogP contribution in [0.5, 0.6) is 0 Å². The highest BCUT2D eigenvalue weighted by molar-refractivity contribution is 5.48. The van der Waals surface area contributed by atoms with E-state index in [0.717, 1.165) is 5.56 Å². The van der Waals surface area contributed by atoms with E-state index in [1.54, 1.807) is 6.08 Å². The first kappa shape index (κ1) is 23.2. The molecule has 2 heterocycles. The second kappa shape index (κ2) is 10.7. The number of hydrogen-bond acceptors (Lipinski definition) is 10. The van der Waals surface area contributed by atoms with Gasteiger partial charge < -0.3 is 49.6 Å². The fourth-order valence-corrected chi connectivity index (χ4v) is 3.21. The highest BCUT2D eigenvalue weighted by atomic mass is 16.7. The van der Waals surface area contributed by atoms with Crippen molar-refractivity contribution in [3.05, 3.63) is 42.0 Å². The summed E-state index contributed by atoms with van der Waals surface area (Å²) in [5.41, 5.74) is 0.964. The zero-order chi connectivity index (χ0) is 21.7. The molecule has 168 valence electrons. The monoisotopic (exact) mass is 428 g/mol. The molecule has 30 heavy (non-hydrogen) atoms. The van der Waals surface area contributed by atoms with Gasteiger partial charge in [-0.15, -0.1) is 0 Å². The van der Waals surface area contributed by atoms with Crippen molar-refractivity contribution in [2.45, 2.75) is 55.3 Å². The molecule has 3 rings (SSSR count). The van der Waals surface area contributed by atoms with Crippen LogP contribution in [-0.4, -0.2) is 106 Å². The Morgan fingerprint density at radius 3 is 2.27 bits per heavy atom. The van der Waals surface area contributed by atoms with Crippen molar-refractivity contribution in [1.29, 1.82) is 0 Å². The van der Waals surface area contributed by atoms with Crippen LogP contribution in [0.2, 0.25) is 0 Å². The average molecular weight is 428 g/mol. The van der Waals surface area contributed by atoms with Gasteiger partial charge in [-0.3, -0.25) is 0 Å². The minimum Gasteiger partial charge on any atom is -0.388 e. The van der Waals surface area contributed by atoms with Gasteiger partial charge in [0, 0.05) is 0 Å². The molecule has 10 nitrogen and oxygen atoms in total. The Kier molecular flexibility index (Phi) is 8.31. The second-order valence-electron chi connectivity index (χ2n) is 7.24. The molecule has 2 saturated heterocycles. The number of aliphatic hydroxyl groups is 6. The maximum absolute atomic E-state index is 10.2. The lowest BCUT2D eigenvalue weighted by Gasteiger charge is -2.41. The second-order valence-corrected chi connectivity index (χ2v) is 7.24. The van der Waals surface area contributed by atoms with Gasteiger partial charge in [-0.25, -0.2) is 0 Å². The third kappa shape index (κ3) is 5.62. The van der Waals surface area contributed by atoms with Crippen LogP contribution in [0, 0.1) is 0 Å². The highest BCUT2D eigenvalue weighted by Crippen LogP contribution is 2.24. The smallest absolute Gasteiger partial charge is 0.187 e. The summed E-state index contributed by atoms with van der Waals surface area (Å²) in [7, 11) is 0. The Bertz CT molecular complexity index is 671. The van der Waals surface area contributed by atoms with Crippen molar-refractivity contribution in [2.24, 2.45) is 0 Å². The maximum atomic E-state index is 10.2. The van der Waals surface area contributed by atoms with Crippen LogP contribution >= 0.6 is 0 Å². The number of hydrogen-bond donors (Lipinski definition) is 6. The van der Waals surface area contributed by atoms with Gasteiger partial charge >= 0.3 is 0 Å². The minimum atomic E-state index is -1.54. The number of ether oxygens (including phenoxy) is 4. The summed E-state index contributed by atoms with van der Waals surface area (Å²) in [5, 5.41) is 59.4. The van der Waals surface area contributed by atoms with E-state index >= 15 is 0 Å². The molecule has 2 aliphatic rings. The lowest BCUT2D eigenvalue weighted by Crippen LogP contribution is -2.60. The molecule has 0 amide bonds. The molecule has 2 aliphatic heterocycles. The lowest BCUT2D eigenvalue weighted by atomic mass is 9.99. The standard InChI is InChI=1S/C20H28O10/c21-12-9-28-19(17(25)14(12)22)29-10-13-15(23)16(24)18(26)20(30-13)27-8-4-7-11-5-2-1-3-6-11/h1-7,12-26H,8-10H2/b7-4+/t12-,13+,14-,15+,16-,17-,18+,19-,20-/m0/s1. The average Bonchev–Trinajstić information content (AvgIpc) is 2.76. The summed E-state index contributed by atoms with van der Waals surface area (Å²) < 4.78 is 21.5. The van der Waals surface area contributed by atoms with Gasteiger partial charge in [-0.2, -0.15) is 0 Å². The van der Waals surface area contributed by atoms with Gasteiger partial charge in [-0.1, -0.05) is 42.5 Å². The predicted molar refractivity (Wildman–Crippen MR) is 102 cm³/mol. The van der Waals surface area contributed by atoms with E-state index in [1.165, 1.54) is 0 Å². The molecule has 0 saturated carbocycles. The molecule has 6 N–H and O–H groups in total. The van der Waals surface area contributed by atoms with Crippen LogP contribution in [0.25, 0.3) is 6.08 Å². The van der Waals surface area contributed by atoms with Crippen LogP contribution in [0.1, 0.15) is 5.56 Å². The first-order chi connectivity index (χ1) is 14.4. The van der Waals surface area contributed by atoms with E-state index in [9.17, 15) is 30.6 Å². The normalized spacial score (nSPS) is 40.0. The van der Waals surface area contributed by atoms with E-state index in [1.807, 2.05) is 36.4 Å². The van der Waals surface area contributed by atoms with E-state index in [4.69, 9.17) is 18.9 Å². The van der Waals surface area contributed by atoms with Gasteiger partial charge in [0.15, 0.2) is 12.6 Å². The fraction of sp³-hybridized carbons (Fsp3) is 0.600. The third-order valence-electron chi connectivity index (χ3n) is 5.01. The number of rotatable bonds is 7. The van der Waals surface area contributed by atoms with Crippen LogP contribution in [0.3, 0.4) is 0 Å². The molecular formula is C20H28O10. The van der Waals surface area contributed by atoms with Crippen molar-refractivity contribution >= 4 is 6.08 Å². The molecule has 0 unspecified atom stereocenters. The van der Waals surface area contributed by atoms with Crippen molar-refractivity contribution in [1.82, 2.24) is 0 Å². The van der Waals surface area contributed by atoms with E-state index in [0.29, 0.717) is 0 Å². The summed E-state index contributed by atoms with van der Waals surface area (Å²) in [6, 6.07) is 9.50. The van der Waals surface area contributed by atoms with Crippen LogP contribution in [0.4, 0.5) is 0 Å². The Hall–Kier alpha value is -1.44. The van der Waals surface area contributed by atoms with Gasteiger partial charge in [0.2, 0.25) is 0 Å². The maximum Gasteiger partial charge on any atom is 0.187 e. The SMILES string of the molecule is O[C@@H]1[C@@H](O)[C@@H](OC/C=C/c2ccccc2)O[C@H](CO[C@@H]2OC[C@H](O)[C@H](O)[C@@H]2O)[C@H]1O. The number of aliphatic hydroxyl groups excluding tert-OH is 6. The zero-order valence-corrected chi connectivity index (χ0v) is 16.2. The zero-order valence-electron chi connectivity index (χ0n) is 16.2. The molecule has 0 aromatic heterocycles. The molecule has 1 aromatic carbocycles. The topological polar surface area (TPSA) is 158 Å². The van der Waals surface area contributed by atoms with Crippen LogP contribution in [0.15, 0.2) is 36.4 Å². The quantitative estimate of drug-likeness (QED) is 0.286. The largest absolute Gasteiger partial charge is 0.388 e. The lowest BCUT2D eigenvalue weighted by molar-refractivity contribution is -0.319. The summed E-state index contributed by atoms with van der Waals surface area (Å²) in [5.74, 6) is 0. The molecule has 0 spiro atoms. The van der Waals surface area contributed by atoms with Gasteiger partial charge in [0.25, 0.3) is 0 Å². The van der Waals surface area contributed by atoms with Crippen LogP contribution < -0.4 is 0 Å². The van der Waals surface area contributed by atoms with E-state index in [-0.39, 0.29) is 19.8 Å². The fourth-order valence-electron chi connectivity index (χ4n) is 3.21. The molecule has 0 radical (unpaired) electrons. The van der Waals surface area contributed by atoms with Crippen molar-refractivity contribution in [3.8, 4) is 0 Å². The Morgan fingerprint density at radius 1 is 0.833 bits per heavy atom. The first-order valence-electron chi connectivity index (χ1n) is 9.68. The third-order valence-corrected chi connectivity index (χ3v) is 5.01. The number of benzene rings is 1. The minimum absolute atomic E-state index is 0.0849. The molecule has 1 aromatic rings. The van der Waals surface area contributed by atoms with Gasteiger partial charge in [0.05, 0.1) is 19.8 Å². The van der Waals surface area contributed by atoms with Crippen LogP contribution in [-0.2, 0) is 18.9 Å². The first-order valence-corrected chi connectivity index (χ1v) is 9.68. The molecule has 2 fully saturated rings. The Balaban J connectivity index is 1.52. The Labute approximate surface area is 173 Å². The van der Waals surface area contributed by atoms with E-state index in [2.05, 4.69) is 0 Å². The molecule has 0 aliphatic carbocycles. The summed E-state index contributed by atoms with van der Waals surface area (Å²) >= 11 is 0.